The Morgan fingerprint density at radius 2 is 2.00 bits per heavy atom. The van der Waals surface area contributed by atoms with Gasteiger partial charge in [-0.15, -0.1) is 0 Å². The van der Waals surface area contributed by atoms with Gasteiger partial charge in [0, 0.05) is 11.7 Å². The van der Waals surface area contributed by atoms with Crippen molar-refractivity contribution < 1.29 is 9.90 Å². The molecule has 1 aromatic carbocycles. The molecular formula is C16H24N2O2. The SMILES string of the molecule is CC1CCCC(NC(=O)Nc2ccc(C(C)O)cc2)C1. The predicted molar refractivity (Wildman–Crippen MR) is 80.7 cm³/mol. The average Bonchev–Trinajstić information content (AvgIpc) is 2.39. The minimum Gasteiger partial charge on any atom is -0.389 e. The van der Waals surface area contributed by atoms with Gasteiger partial charge in [0.25, 0.3) is 0 Å². The van der Waals surface area contributed by atoms with Crippen molar-refractivity contribution in [2.24, 2.45) is 5.92 Å². The zero-order valence-electron chi connectivity index (χ0n) is 12.2. The van der Waals surface area contributed by atoms with Crippen LogP contribution in [0, 0.1) is 5.92 Å². The summed E-state index contributed by atoms with van der Waals surface area (Å²) in [7, 11) is 0. The molecule has 0 radical (unpaired) electrons. The molecule has 4 heteroatoms. The molecule has 1 aromatic rings. The topological polar surface area (TPSA) is 61.4 Å². The summed E-state index contributed by atoms with van der Waals surface area (Å²) in [6.45, 7) is 3.96. The summed E-state index contributed by atoms with van der Waals surface area (Å²) in [5.74, 6) is 0.694. The zero-order valence-corrected chi connectivity index (χ0v) is 12.2. The van der Waals surface area contributed by atoms with Crippen LogP contribution in [0.1, 0.15) is 51.2 Å². The Morgan fingerprint density at radius 1 is 1.30 bits per heavy atom. The highest BCUT2D eigenvalue weighted by molar-refractivity contribution is 5.89. The van der Waals surface area contributed by atoms with Crippen LogP contribution < -0.4 is 10.6 Å². The number of aliphatic hydroxyl groups is 1. The van der Waals surface area contributed by atoms with Crippen LogP contribution in [0.25, 0.3) is 0 Å². The van der Waals surface area contributed by atoms with E-state index in [1.54, 1.807) is 6.92 Å². The molecule has 1 fully saturated rings. The number of benzene rings is 1. The van der Waals surface area contributed by atoms with E-state index in [1.807, 2.05) is 24.3 Å². The van der Waals surface area contributed by atoms with Crippen molar-refractivity contribution >= 4 is 11.7 Å². The van der Waals surface area contributed by atoms with Crippen LogP contribution >= 0.6 is 0 Å². The molecule has 1 saturated carbocycles. The maximum atomic E-state index is 11.9. The van der Waals surface area contributed by atoms with Crippen molar-refractivity contribution in [1.29, 1.82) is 0 Å². The summed E-state index contributed by atoms with van der Waals surface area (Å²) < 4.78 is 0. The molecule has 4 nitrogen and oxygen atoms in total. The Bertz CT molecular complexity index is 442. The van der Waals surface area contributed by atoms with E-state index in [0.717, 1.165) is 24.1 Å². The molecular weight excluding hydrogens is 252 g/mol. The van der Waals surface area contributed by atoms with E-state index < -0.39 is 6.10 Å². The minimum atomic E-state index is -0.485. The van der Waals surface area contributed by atoms with Crippen molar-refractivity contribution in [2.75, 3.05) is 5.32 Å². The van der Waals surface area contributed by atoms with E-state index in [2.05, 4.69) is 17.6 Å². The number of carbonyl (C=O) groups excluding carboxylic acids is 1. The number of urea groups is 1. The average molecular weight is 276 g/mol. The Balaban J connectivity index is 1.84. The lowest BCUT2D eigenvalue weighted by Gasteiger charge is -2.27. The number of rotatable bonds is 3. The van der Waals surface area contributed by atoms with Crippen LogP contribution in [-0.4, -0.2) is 17.2 Å². The van der Waals surface area contributed by atoms with Gasteiger partial charge >= 0.3 is 6.03 Å². The first-order valence-electron chi connectivity index (χ1n) is 7.40. The first-order valence-corrected chi connectivity index (χ1v) is 7.40. The molecule has 0 spiro atoms. The van der Waals surface area contributed by atoms with Crippen LogP contribution in [0.5, 0.6) is 0 Å². The van der Waals surface area contributed by atoms with E-state index in [0.29, 0.717) is 5.92 Å². The van der Waals surface area contributed by atoms with Crippen LogP contribution in [0.4, 0.5) is 10.5 Å². The second kappa shape index (κ2) is 6.75. The maximum absolute atomic E-state index is 11.9. The summed E-state index contributed by atoms with van der Waals surface area (Å²) in [6, 6.07) is 7.41. The van der Waals surface area contributed by atoms with Crippen molar-refractivity contribution in [3.8, 4) is 0 Å². The molecule has 3 unspecified atom stereocenters. The fourth-order valence-corrected chi connectivity index (χ4v) is 2.76. The van der Waals surface area contributed by atoms with Gasteiger partial charge in [0.15, 0.2) is 0 Å². The Hall–Kier alpha value is -1.55. The molecule has 2 amide bonds. The van der Waals surface area contributed by atoms with Gasteiger partial charge < -0.3 is 15.7 Å². The van der Waals surface area contributed by atoms with Gasteiger partial charge in [-0.25, -0.2) is 4.79 Å². The van der Waals surface area contributed by atoms with Gasteiger partial charge in [-0.05, 0) is 43.4 Å². The van der Waals surface area contributed by atoms with Crippen molar-refractivity contribution in [3.63, 3.8) is 0 Å². The molecule has 1 aliphatic rings. The quantitative estimate of drug-likeness (QED) is 0.792. The molecule has 3 N–H and O–H groups in total. The Kier molecular flexibility index (Phi) is 5.01. The van der Waals surface area contributed by atoms with Gasteiger partial charge in [0.05, 0.1) is 6.10 Å². The Labute approximate surface area is 120 Å². The summed E-state index contributed by atoms with van der Waals surface area (Å²) in [5, 5.41) is 15.3. The highest BCUT2D eigenvalue weighted by atomic mass is 16.3. The number of hydrogen-bond acceptors (Lipinski definition) is 2. The fourth-order valence-electron chi connectivity index (χ4n) is 2.76. The molecule has 0 saturated heterocycles. The number of hydrogen-bond donors (Lipinski definition) is 3. The number of aliphatic hydroxyl groups excluding tert-OH is 1. The molecule has 0 aromatic heterocycles. The summed E-state index contributed by atoms with van der Waals surface area (Å²) in [6.07, 6.45) is 4.10. The van der Waals surface area contributed by atoms with Crippen LogP contribution in [0.2, 0.25) is 0 Å². The lowest BCUT2D eigenvalue weighted by Crippen LogP contribution is -2.40. The lowest BCUT2D eigenvalue weighted by molar-refractivity contribution is 0.199. The second-order valence-corrected chi connectivity index (χ2v) is 5.87. The third-order valence-electron chi connectivity index (χ3n) is 3.92. The monoisotopic (exact) mass is 276 g/mol. The predicted octanol–water partition coefficient (Wildman–Crippen LogP) is 3.44. The van der Waals surface area contributed by atoms with Crippen molar-refractivity contribution in [1.82, 2.24) is 5.32 Å². The first-order chi connectivity index (χ1) is 9.54. The highest BCUT2D eigenvalue weighted by Crippen LogP contribution is 2.23. The van der Waals surface area contributed by atoms with Gasteiger partial charge in [-0.2, -0.15) is 0 Å². The molecule has 0 heterocycles. The van der Waals surface area contributed by atoms with E-state index in [9.17, 15) is 9.90 Å². The Morgan fingerprint density at radius 3 is 2.60 bits per heavy atom. The largest absolute Gasteiger partial charge is 0.389 e. The lowest BCUT2D eigenvalue weighted by atomic mass is 9.87. The molecule has 3 atom stereocenters. The van der Waals surface area contributed by atoms with Gasteiger partial charge in [0.1, 0.15) is 0 Å². The van der Waals surface area contributed by atoms with Crippen LogP contribution in [0.3, 0.4) is 0 Å². The normalized spacial score (nSPS) is 23.9. The number of amides is 2. The van der Waals surface area contributed by atoms with Crippen LogP contribution in [0.15, 0.2) is 24.3 Å². The third kappa shape index (κ3) is 4.23. The maximum Gasteiger partial charge on any atom is 0.319 e. The van der Waals surface area contributed by atoms with E-state index in [4.69, 9.17) is 0 Å². The zero-order chi connectivity index (χ0) is 14.5. The second-order valence-electron chi connectivity index (χ2n) is 5.87. The van der Waals surface area contributed by atoms with Gasteiger partial charge in [0.2, 0.25) is 0 Å². The fraction of sp³-hybridized carbons (Fsp3) is 0.562. The van der Waals surface area contributed by atoms with Crippen molar-refractivity contribution in [2.45, 2.75) is 51.7 Å². The summed E-state index contributed by atoms with van der Waals surface area (Å²) in [4.78, 5) is 11.9. The molecule has 0 bridgehead atoms. The number of anilines is 1. The number of carbonyl (C=O) groups is 1. The third-order valence-corrected chi connectivity index (χ3v) is 3.92. The van der Waals surface area contributed by atoms with Gasteiger partial charge in [-0.1, -0.05) is 31.9 Å². The molecule has 2 rings (SSSR count). The molecule has 1 aliphatic carbocycles. The molecule has 110 valence electrons. The van der Waals surface area contributed by atoms with E-state index in [-0.39, 0.29) is 12.1 Å². The minimum absolute atomic E-state index is 0.145. The van der Waals surface area contributed by atoms with Crippen LogP contribution in [-0.2, 0) is 0 Å². The molecule has 20 heavy (non-hydrogen) atoms. The summed E-state index contributed by atoms with van der Waals surface area (Å²) >= 11 is 0. The molecule has 0 aliphatic heterocycles. The highest BCUT2D eigenvalue weighted by Gasteiger charge is 2.20. The first kappa shape index (κ1) is 14.9. The van der Waals surface area contributed by atoms with E-state index in [1.165, 1.54) is 12.8 Å². The van der Waals surface area contributed by atoms with E-state index >= 15 is 0 Å². The van der Waals surface area contributed by atoms with Crippen molar-refractivity contribution in [3.05, 3.63) is 29.8 Å². The smallest absolute Gasteiger partial charge is 0.319 e. The summed E-state index contributed by atoms with van der Waals surface area (Å²) in [5.41, 5.74) is 1.59. The standard InChI is InChI=1S/C16H24N2O2/c1-11-4-3-5-15(10-11)18-16(20)17-14-8-6-13(7-9-14)12(2)19/h6-9,11-12,15,19H,3-5,10H2,1-2H3,(H2,17,18,20). The van der Waals surface area contributed by atoms with Gasteiger partial charge in [-0.3, -0.25) is 0 Å². The number of nitrogens with one attached hydrogen (secondary N) is 2.